The fraction of sp³-hybridized carbons (Fsp3) is 0.889. The van der Waals surface area contributed by atoms with Gasteiger partial charge < -0.3 is 4.90 Å². The summed E-state index contributed by atoms with van der Waals surface area (Å²) in [4.78, 5) is 2.16. The SMILES string of the molecule is C[C](C)CN1CCC[C@@H](S(N)(=O)=O)C1. The van der Waals surface area contributed by atoms with Crippen molar-refractivity contribution in [3.63, 3.8) is 0 Å². The van der Waals surface area contributed by atoms with Crippen LogP contribution in [0.1, 0.15) is 26.7 Å². The minimum atomic E-state index is -3.35. The fourth-order valence-electron chi connectivity index (χ4n) is 1.87. The number of hydrogen-bond donors (Lipinski definition) is 1. The van der Waals surface area contributed by atoms with E-state index in [1.54, 1.807) is 0 Å². The molecule has 0 aliphatic carbocycles. The molecule has 1 rings (SSSR count). The molecule has 0 unspecified atom stereocenters. The average Bonchev–Trinajstić information content (AvgIpc) is 2.01. The van der Waals surface area contributed by atoms with Crippen molar-refractivity contribution in [3.8, 4) is 0 Å². The predicted octanol–water partition coefficient (Wildman–Crippen LogP) is 0.354. The Hall–Kier alpha value is -0.130. The molecule has 0 spiro atoms. The number of sulfonamides is 1. The molecule has 5 heteroatoms. The van der Waals surface area contributed by atoms with Gasteiger partial charge in [0, 0.05) is 13.1 Å². The van der Waals surface area contributed by atoms with Crippen molar-refractivity contribution < 1.29 is 8.42 Å². The normalized spacial score (nSPS) is 25.6. The summed E-state index contributed by atoms with van der Waals surface area (Å²) in [6, 6.07) is 0. The van der Waals surface area contributed by atoms with E-state index in [1.165, 1.54) is 5.92 Å². The van der Waals surface area contributed by atoms with Crippen LogP contribution in [-0.2, 0) is 10.0 Å². The highest BCUT2D eigenvalue weighted by Gasteiger charge is 2.27. The van der Waals surface area contributed by atoms with Gasteiger partial charge in [-0.05, 0) is 25.3 Å². The van der Waals surface area contributed by atoms with Gasteiger partial charge in [0.1, 0.15) is 0 Å². The smallest absolute Gasteiger partial charge is 0.213 e. The fourth-order valence-corrected chi connectivity index (χ4v) is 2.79. The molecule has 1 heterocycles. The van der Waals surface area contributed by atoms with Gasteiger partial charge in [0.2, 0.25) is 10.0 Å². The monoisotopic (exact) mass is 219 g/mol. The molecule has 0 amide bonds. The van der Waals surface area contributed by atoms with Crippen LogP contribution in [0.15, 0.2) is 0 Å². The zero-order valence-corrected chi connectivity index (χ0v) is 9.68. The number of piperidine rings is 1. The van der Waals surface area contributed by atoms with Crippen molar-refractivity contribution in [1.82, 2.24) is 4.90 Å². The molecule has 14 heavy (non-hydrogen) atoms. The van der Waals surface area contributed by atoms with Crippen LogP contribution in [0.3, 0.4) is 0 Å². The molecule has 4 nitrogen and oxygen atoms in total. The van der Waals surface area contributed by atoms with Crippen LogP contribution in [0.25, 0.3) is 0 Å². The molecule has 0 saturated carbocycles. The average molecular weight is 219 g/mol. The number of likely N-dealkylation sites (tertiary alicyclic amines) is 1. The Bertz CT molecular complexity index is 275. The van der Waals surface area contributed by atoms with Crippen molar-refractivity contribution in [2.75, 3.05) is 19.6 Å². The molecule has 1 radical (unpaired) electrons. The first-order valence-corrected chi connectivity index (χ1v) is 6.53. The lowest BCUT2D eigenvalue weighted by atomic mass is 10.1. The number of nitrogens with two attached hydrogens (primary N) is 1. The maximum atomic E-state index is 11.2. The van der Waals surface area contributed by atoms with E-state index in [0.717, 1.165) is 19.5 Å². The van der Waals surface area contributed by atoms with E-state index in [-0.39, 0.29) is 5.25 Å². The Labute approximate surface area is 86.5 Å². The summed E-state index contributed by atoms with van der Waals surface area (Å²) in [6.45, 7) is 6.56. The highest BCUT2D eigenvalue weighted by molar-refractivity contribution is 7.89. The lowest BCUT2D eigenvalue weighted by Gasteiger charge is -2.32. The maximum Gasteiger partial charge on any atom is 0.213 e. The first-order valence-electron chi connectivity index (χ1n) is 4.92. The summed E-state index contributed by atoms with van der Waals surface area (Å²) in [6.07, 6.45) is 1.63. The molecule has 1 atom stereocenters. The van der Waals surface area contributed by atoms with Crippen LogP contribution in [0.4, 0.5) is 0 Å². The molecule has 0 bridgehead atoms. The van der Waals surface area contributed by atoms with Crippen molar-refractivity contribution >= 4 is 10.0 Å². The lowest BCUT2D eigenvalue weighted by Crippen LogP contribution is -2.45. The second-order valence-electron chi connectivity index (χ2n) is 4.30. The van der Waals surface area contributed by atoms with Gasteiger partial charge in [0.05, 0.1) is 5.25 Å². The Morgan fingerprint density at radius 2 is 2.14 bits per heavy atom. The van der Waals surface area contributed by atoms with Gasteiger partial charge in [0.25, 0.3) is 0 Å². The summed E-state index contributed by atoms with van der Waals surface area (Å²) in [5.74, 6) is 1.31. The van der Waals surface area contributed by atoms with Gasteiger partial charge in [-0.2, -0.15) is 0 Å². The zero-order valence-electron chi connectivity index (χ0n) is 8.86. The van der Waals surface area contributed by atoms with Gasteiger partial charge in [0.15, 0.2) is 0 Å². The molecule has 1 aliphatic heterocycles. The molecular weight excluding hydrogens is 200 g/mol. The minimum absolute atomic E-state index is 0.365. The highest BCUT2D eigenvalue weighted by atomic mass is 32.2. The summed E-state index contributed by atoms with van der Waals surface area (Å²) < 4.78 is 22.3. The van der Waals surface area contributed by atoms with Gasteiger partial charge in [-0.1, -0.05) is 13.8 Å². The summed E-state index contributed by atoms with van der Waals surface area (Å²) in [5.41, 5.74) is 0. The highest BCUT2D eigenvalue weighted by Crippen LogP contribution is 2.16. The van der Waals surface area contributed by atoms with Crippen LogP contribution in [0.5, 0.6) is 0 Å². The summed E-state index contributed by atoms with van der Waals surface area (Å²) >= 11 is 0. The Kier molecular flexibility index (Phi) is 3.92. The second kappa shape index (κ2) is 4.59. The van der Waals surface area contributed by atoms with Gasteiger partial charge in [-0.15, -0.1) is 0 Å². The van der Waals surface area contributed by atoms with Crippen LogP contribution < -0.4 is 5.14 Å². The van der Waals surface area contributed by atoms with Gasteiger partial charge in [-0.3, -0.25) is 0 Å². The van der Waals surface area contributed by atoms with E-state index in [1.807, 2.05) is 0 Å². The third kappa shape index (κ3) is 3.55. The first kappa shape index (κ1) is 11.9. The molecule has 0 aromatic carbocycles. The van der Waals surface area contributed by atoms with Crippen molar-refractivity contribution in [3.05, 3.63) is 5.92 Å². The second-order valence-corrected chi connectivity index (χ2v) is 6.14. The molecule has 83 valence electrons. The van der Waals surface area contributed by atoms with Gasteiger partial charge >= 0.3 is 0 Å². The van der Waals surface area contributed by atoms with Crippen LogP contribution in [0.2, 0.25) is 0 Å². The van der Waals surface area contributed by atoms with E-state index >= 15 is 0 Å². The van der Waals surface area contributed by atoms with E-state index in [2.05, 4.69) is 18.7 Å². The molecule has 0 aromatic heterocycles. The lowest BCUT2D eigenvalue weighted by molar-refractivity contribution is 0.238. The minimum Gasteiger partial charge on any atom is -0.301 e. The number of hydrogen-bond acceptors (Lipinski definition) is 3. The Balaban J connectivity index is 2.52. The standard InChI is InChI=1S/C9H19N2O2S/c1-8(2)6-11-5-3-4-9(7-11)14(10,12)13/h9H,3-7H2,1-2H3,(H2,10,12,13)/t9-/m1/s1. The van der Waals surface area contributed by atoms with Crippen molar-refractivity contribution in [1.29, 1.82) is 0 Å². The van der Waals surface area contributed by atoms with Crippen LogP contribution in [-0.4, -0.2) is 38.2 Å². The molecule has 1 fully saturated rings. The van der Waals surface area contributed by atoms with Crippen LogP contribution >= 0.6 is 0 Å². The Morgan fingerprint density at radius 1 is 1.50 bits per heavy atom. The topological polar surface area (TPSA) is 63.4 Å². The van der Waals surface area contributed by atoms with Crippen LogP contribution in [0, 0.1) is 5.92 Å². The molecule has 2 N–H and O–H groups in total. The van der Waals surface area contributed by atoms with Crippen molar-refractivity contribution in [2.45, 2.75) is 31.9 Å². The molecular formula is C9H19N2O2S. The predicted molar refractivity (Wildman–Crippen MR) is 57.2 cm³/mol. The number of primary sulfonamides is 1. The number of rotatable bonds is 3. The molecule has 0 aromatic rings. The largest absolute Gasteiger partial charge is 0.301 e. The summed E-state index contributed by atoms with van der Waals surface area (Å²) in [7, 11) is -3.35. The first-order chi connectivity index (χ1) is 6.39. The maximum absolute atomic E-state index is 11.2. The van der Waals surface area contributed by atoms with Gasteiger partial charge in [-0.25, -0.2) is 13.6 Å². The Morgan fingerprint density at radius 3 is 2.64 bits per heavy atom. The third-order valence-electron chi connectivity index (χ3n) is 2.47. The molecule has 1 saturated heterocycles. The van der Waals surface area contributed by atoms with E-state index in [4.69, 9.17) is 5.14 Å². The van der Waals surface area contributed by atoms with E-state index in [9.17, 15) is 8.42 Å². The third-order valence-corrected chi connectivity index (χ3v) is 3.78. The number of nitrogens with zero attached hydrogens (tertiary/aromatic N) is 1. The summed E-state index contributed by atoms with van der Waals surface area (Å²) in [5, 5.41) is 4.78. The van der Waals surface area contributed by atoms with E-state index in [0.29, 0.717) is 13.0 Å². The van der Waals surface area contributed by atoms with E-state index < -0.39 is 10.0 Å². The van der Waals surface area contributed by atoms with Crippen molar-refractivity contribution in [2.24, 2.45) is 5.14 Å². The molecule has 1 aliphatic rings. The zero-order chi connectivity index (χ0) is 10.8. The quantitative estimate of drug-likeness (QED) is 0.745.